The number of unbranched alkanes of at least 4 members (excludes halogenated alkanes) is 2. The van der Waals surface area contributed by atoms with Gasteiger partial charge >= 0.3 is 6.11 Å². The first-order chi connectivity index (χ1) is 22.9. The highest BCUT2D eigenvalue weighted by Crippen LogP contribution is 2.38. The van der Waals surface area contributed by atoms with Gasteiger partial charge in [0.05, 0.1) is 5.56 Å². The zero-order valence-corrected chi connectivity index (χ0v) is 25.2. The van der Waals surface area contributed by atoms with Crippen molar-refractivity contribution >= 4 is 0 Å². The van der Waals surface area contributed by atoms with Crippen molar-refractivity contribution in [1.82, 2.24) is 0 Å². The Morgan fingerprint density at radius 1 is 0.583 bits per heavy atom. The van der Waals surface area contributed by atoms with Crippen LogP contribution in [0.5, 0.6) is 5.75 Å². The second-order valence-corrected chi connectivity index (χ2v) is 10.9. The molecule has 0 radical (unpaired) electrons. The van der Waals surface area contributed by atoms with E-state index in [2.05, 4.69) is 23.5 Å². The van der Waals surface area contributed by atoms with Crippen LogP contribution in [0.25, 0.3) is 22.3 Å². The van der Waals surface area contributed by atoms with E-state index in [4.69, 9.17) is 0 Å². The summed E-state index contributed by atoms with van der Waals surface area (Å²) in [6, 6.07) is 16.7. The van der Waals surface area contributed by atoms with E-state index in [-0.39, 0.29) is 28.8 Å². The predicted octanol–water partition coefficient (Wildman–Crippen LogP) is 11.3. The lowest BCUT2D eigenvalue weighted by Gasteiger charge is -2.20. The number of hydrogen-bond donors (Lipinski definition) is 0. The predicted molar refractivity (Wildman–Crippen MR) is 164 cm³/mol. The molecule has 0 aliphatic carbocycles. The van der Waals surface area contributed by atoms with E-state index in [1.807, 2.05) is 24.3 Å². The Kier molecular flexibility index (Phi) is 10.2. The number of ether oxygens (including phenoxy) is 1. The summed E-state index contributed by atoms with van der Waals surface area (Å²) >= 11 is 0. The summed E-state index contributed by atoms with van der Waals surface area (Å²) in [6.45, 7) is 2.14. The van der Waals surface area contributed by atoms with Gasteiger partial charge in [-0.15, -0.1) is 0 Å². The van der Waals surface area contributed by atoms with Gasteiger partial charge < -0.3 is 4.74 Å². The second-order valence-electron chi connectivity index (χ2n) is 10.9. The van der Waals surface area contributed by atoms with Gasteiger partial charge in [-0.3, -0.25) is 0 Å². The summed E-state index contributed by atoms with van der Waals surface area (Å²) in [5.41, 5.74) is 0.0744. The van der Waals surface area contributed by atoms with E-state index < -0.39 is 63.7 Å². The van der Waals surface area contributed by atoms with Crippen molar-refractivity contribution in [2.24, 2.45) is 0 Å². The molecule has 0 unspecified atom stereocenters. The first-order valence-corrected chi connectivity index (χ1v) is 14.8. The fourth-order valence-corrected chi connectivity index (χ4v) is 5.00. The van der Waals surface area contributed by atoms with Gasteiger partial charge in [0.2, 0.25) is 0 Å². The van der Waals surface area contributed by atoms with E-state index in [0.29, 0.717) is 17.7 Å². The van der Waals surface area contributed by atoms with Crippen molar-refractivity contribution in [3.05, 3.63) is 148 Å². The summed E-state index contributed by atoms with van der Waals surface area (Å²) < 4.78 is 133. The van der Waals surface area contributed by atoms with Crippen LogP contribution in [-0.4, -0.2) is 0 Å². The number of benzene rings is 5. The fraction of sp³-hybridized carbons (Fsp3) is 0.158. The summed E-state index contributed by atoms with van der Waals surface area (Å²) in [5.74, 6) is -6.98. The maximum atomic E-state index is 15.0. The molecule has 0 saturated heterocycles. The zero-order valence-electron chi connectivity index (χ0n) is 25.2. The van der Waals surface area contributed by atoms with Gasteiger partial charge in [-0.1, -0.05) is 68.0 Å². The maximum Gasteiger partial charge on any atom is 0.432 e. The van der Waals surface area contributed by atoms with Crippen LogP contribution in [0.3, 0.4) is 0 Å². The number of rotatable bonds is 9. The molecule has 0 heterocycles. The van der Waals surface area contributed by atoms with Crippen molar-refractivity contribution in [2.45, 2.75) is 38.7 Å². The van der Waals surface area contributed by atoms with Crippen molar-refractivity contribution in [3.8, 4) is 39.8 Å². The topological polar surface area (TPSA) is 9.23 Å². The van der Waals surface area contributed by atoms with Gasteiger partial charge in [-0.25, -0.2) is 30.7 Å². The lowest BCUT2D eigenvalue weighted by molar-refractivity contribution is -0.189. The SMILES string of the molecule is CCCCCc1ccc(-c2ccc(C#Cc3ccc(-c4cc(F)c(C(F)(F)Oc5cc(F)c(F)c(F)c5)c(F)c4)c(F)c3)c(F)c2)cc1. The molecular weight excluding hydrogens is 643 g/mol. The van der Waals surface area contributed by atoms with Crippen molar-refractivity contribution in [1.29, 1.82) is 0 Å². The van der Waals surface area contributed by atoms with Gasteiger partial charge in [0.15, 0.2) is 17.5 Å². The molecule has 0 N–H and O–H groups in total. The third-order valence-corrected chi connectivity index (χ3v) is 7.48. The molecule has 48 heavy (non-hydrogen) atoms. The molecule has 10 heteroatoms. The van der Waals surface area contributed by atoms with Crippen LogP contribution in [0.2, 0.25) is 0 Å². The quantitative estimate of drug-likeness (QED) is 0.0658. The van der Waals surface area contributed by atoms with Crippen molar-refractivity contribution in [2.75, 3.05) is 0 Å². The van der Waals surface area contributed by atoms with Crippen molar-refractivity contribution in [3.63, 3.8) is 0 Å². The van der Waals surface area contributed by atoms with Crippen LogP contribution in [-0.2, 0) is 12.5 Å². The van der Waals surface area contributed by atoms with Crippen molar-refractivity contribution < 1.29 is 44.3 Å². The maximum absolute atomic E-state index is 15.0. The first-order valence-electron chi connectivity index (χ1n) is 14.8. The summed E-state index contributed by atoms with van der Waals surface area (Å²) in [5, 5.41) is 0. The third kappa shape index (κ3) is 7.68. The molecule has 5 aromatic carbocycles. The second kappa shape index (κ2) is 14.3. The minimum atomic E-state index is -4.80. The number of aryl methyl sites for hydroxylation is 1. The van der Waals surface area contributed by atoms with Gasteiger partial charge in [0.1, 0.15) is 34.6 Å². The minimum absolute atomic E-state index is 0.0495. The smallest absolute Gasteiger partial charge is 0.429 e. The van der Waals surface area contributed by atoms with E-state index in [0.717, 1.165) is 43.4 Å². The largest absolute Gasteiger partial charge is 0.432 e. The summed E-state index contributed by atoms with van der Waals surface area (Å²) in [7, 11) is 0. The number of alkyl halides is 2. The average molecular weight is 669 g/mol. The van der Waals surface area contributed by atoms with E-state index in [9.17, 15) is 35.1 Å². The van der Waals surface area contributed by atoms with Crippen LogP contribution < -0.4 is 4.74 Å². The van der Waals surface area contributed by atoms with E-state index >= 15 is 4.39 Å². The lowest BCUT2D eigenvalue weighted by Crippen LogP contribution is -2.25. The number of hydrogen-bond acceptors (Lipinski definition) is 1. The highest BCUT2D eigenvalue weighted by atomic mass is 19.3. The Labute approximate surface area is 270 Å². The van der Waals surface area contributed by atoms with Gasteiger partial charge in [-0.05, 0) is 71.5 Å². The monoisotopic (exact) mass is 668 g/mol. The number of halogens is 9. The molecule has 0 aromatic heterocycles. The Morgan fingerprint density at radius 2 is 1.21 bits per heavy atom. The molecule has 0 aliphatic rings. The van der Waals surface area contributed by atoms with Crippen LogP contribution in [0.15, 0.2) is 84.9 Å². The molecule has 0 fully saturated rings. The highest BCUT2D eigenvalue weighted by molar-refractivity contribution is 5.67. The normalized spacial score (nSPS) is 11.3. The molecule has 0 amide bonds. The average Bonchev–Trinajstić information content (AvgIpc) is 3.03. The Hall–Kier alpha value is -5.17. The standard InChI is InChI=1S/C38H25F9O/c1-2-3-4-5-22-6-10-24(11-7-22)26-14-13-25(30(39)17-26)12-8-23-9-15-29(31(40)16-23)27-18-32(41)36(33(42)19-27)38(46,47)48-28-20-34(43)37(45)35(44)21-28/h6-7,9-11,13-21H,2-5H2,1H3. The highest BCUT2D eigenvalue weighted by Gasteiger charge is 2.41. The first kappa shape index (κ1) is 34.2. The zero-order chi connectivity index (χ0) is 34.6. The molecule has 0 saturated carbocycles. The Morgan fingerprint density at radius 3 is 1.81 bits per heavy atom. The lowest BCUT2D eigenvalue weighted by atomic mass is 9.99. The van der Waals surface area contributed by atoms with Crippen LogP contribution in [0.4, 0.5) is 39.5 Å². The fourth-order valence-electron chi connectivity index (χ4n) is 5.00. The third-order valence-electron chi connectivity index (χ3n) is 7.48. The summed E-state index contributed by atoms with van der Waals surface area (Å²) in [6.07, 6.45) is -0.441. The Bertz CT molecular complexity index is 1980. The van der Waals surface area contributed by atoms with E-state index in [1.54, 1.807) is 6.07 Å². The van der Waals surface area contributed by atoms with Crippen LogP contribution >= 0.6 is 0 Å². The summed E-state index contributed by atoms with van der Waals surface area (Å²) in [4.78, 5) is 0. The molecule has 0 spiro atoms. The molecule has 0 aliphatic heterocycles. The van der Waals surface area contributed by atoms with Gasteiger partial charge in [0.25, 0.3) is 0 Å². The minimum Gasteiger partial charge on any atom is -0.429 e. The van der Waals surface area contributed by atoms with Crippen LogP contribution in [0, 0.1) is 52.6 Å². The van der Waals surface area contributed by atoms with Crippen LogP contribution in [0.1, 0.15) is 48.4 Å². The molecule has 1 nitrogen and oxygen atoms in total. The molecule has 246 valence electrons. The van der Waals surface area contributed by atoms with Gasteiger partial charge in [0, 0.05) is 23.3 Å². The molecule has 5 rings (SSSR count). The molecule has 5 aromatic rings. The molecule has 0 bridgehead atoms. The molecule has 0 atom stereocenters. The molecular formula is C38H25F9O. The van der Waals surface area contributed by atoms with E-state index in [1.165, 1.54) is 23.8 Å². The van der Waals surface area contributed by atoms with Gasteiger partial charge in [-0.2, -0.15) is 8.78 Å². The Balaban J connectivity index is 1.32.